The monoisotopic (exact) mass is 104 g/mol. The third-order valence-corrected chi connectivity index (χ3v) is 1.56. The molecule has 0 aliphatic heterocycles. The molecule has 0 aromatic carbocycles. The van der Waals surface area contributed by atoms with Crippen molar-refractivity contribution in [1.29, 1.82) is 0 Å². The lowest BCUT2D eigenvalue weighted by molar-refractivity contribution is 0.223. The van der Waals surface area contributed by atoms with Crippen molar-refractivity contribution < 1.29 is 9.50 Å². The van der Waals surface area contributed by atoms with E-state index in [0.717, 1.165) is 0 Å². The standard InChI is InChI=1S/C5H9FO/c1-5(6)2-4(5)3-7/h4,7H,2-3H2,1H3/t4-,5-/m1/s1. The predicted molar refractivity (Wildman–Crippen MR) is 24.7 cm³/mol. The maximum absolute atomic E-state index is 12.3. The fraction of sp³-hybridized carbons (Fsp3) is 1.00. The molecular formula is C5H9FO. The van der Waals surface area contributed by atoms with Crippen LogP contribution >= 0.6 is 0 Å². The lowest BCUT2D eigenvalue weighted by atomic mass is 10.3. The molecule has 0 heterocycles. The topological polar surface area (TPSA) is 20.2 Å². The van der Waals surface area contributed by atoms with Gasteiger partial charge in [-0.2, -0.15) is 0 Å². The first-order valence-corrected chi connectivity index (χ1v) is 2.46. The molecule has 1 aliphatic carbocycles. The van der Waals surface area contributed by atoms with Crippen LogP contribution in [-0.2, 0) is 0 Å². The molecule has 0 spiro atoms. The molecule has 2 heteroatoms. The van der Waals surface area contributed by atoms with Gasteiger partial charge in [0.15, 0.2) is 0 Å². The van der Waals surface area contributed by atoms with E-state index < -0.39 is 5.67 Å². The zero-order valence-corrected chi connectivity index (χ0v) is 4.32. The van der Waals surface area contributed by atoms with Crippen molar-refractivity contribution in [3.63, 3.8) is 0 Å². The van der Waals surface area contributed by atoms with E-state index in [0.29, 0.717) is 6.42 Å². The number of aliphatic hydroxyl groups is 1. The van der Waals surface area contributed by atoms with Crippen LogP contribution in [0.25, 0.3) is 0 Å². The van der Waals surface area contributed by atoms with Crippen LogP contribution in [0, 0.1) is 5.92 Å². The molecule has 2 atom stereocenters. The summed E-state index contributed by atoms with van der Waals surface area (Å²) in [6, 6.07) is 0. The summed E-state index contributed by atoms with van der Waals surface area (Å²) in [5, 5.41) is 8.30. The van der Waals surface area contributed by atoms with Crippen LogP contribution in [0.3, 0.4) is 0 Å². The van der Waals surface area contributed by atoms with E-state index >= 15 is 0 Å². The second kappa shape index (κ2) is 1.19. The van der Waals surface area contributed by atoms with Gasteiger partial charge in [-0.1, -0.05) is 0 Å². The fourth-order valence-corrected chi connectivity index (χ4v) is 0.678. The fourth-order valence-electron chi connectivity index (χ4n) is 0.678. The lowest BCUT2D eigenvalue weighted by Crippen LogP contribution is -1.98. The summed E-state index contributed by atoms with van der Waals surface area (Å²) in [6.45, 7) is 1.53. The summed E-state index contributed by atoms with van der Waals surface area (Å²) in [4.78, 5) is 0. The van der Waals surface area contributed by atoms with Crippen LogP contribution in [0.15, 0.2) is 0 Å². The minimum atomic E-state index is -1.03. The minimum absolute atomic E-state index is 0.00694. The zero-order valence-electron chi connectivity index (χ0n) is 4.32. The lowest BCUT2D eigenvalue weighted by Gasteiger charge is -1.91. The van der Waals surface area contributed by atoms with E-state index in [-0.39, 0.29) is 12.5 Å². The zero-order chi connectivity index (χ0) is 5.49. The summed E-state index contributed by atoms with van der Waals surface area (Å²) in [5.74, 6) is -0.0625. The molecule has 1 rings (SSSR count). The molecule has 0 saturated heterocycles. The third kappa shape index (κ3) is 0.752. The van der Waals surface area contributed by atoms with E-state index in [1.165, 1.54) is 6.92 Å². The van der Waals surface area contributed by atoms with E-state index in [9.17, 15) is 4.39 Å². The van der Waals surface area contributed by atoms with Gasteiger partial charge in [-0.25, -0.2) is 4.39 Å². The number of hydrogen-bond acceptors (Lipinski definition) is 1. The molecule has 1 saturated carbocycles. The predicted octanol–water partition coefficient (Wildman–Crippen LogP) is 0.727. The van der Waals surface area contributed by atoms with Gasteiger partial charge in [-0.05, 0) is 13.3 Å². The van der Waals surface area contributed by atoms with Crippen molar-refractivity contribution >= 4 is 0 Å². The number of halogens is 1. The molecule has 1 aliphatic rings. The second-order valence-corrected chi connectivity index (χ2v) is 2.36. The normalized spacial score (nSPS) is 49.3. The largest absolute Gasteiger partial charge is 0.396 e. The molecule has 42 valence electrons. The highest BCUT2D eigenvalue weighted by Crippen LogP contribution is 2.45. The van der Waals surface area contributed by atoms with Gasteiger partial charge < -0.3 is 5.11 Å². The van der Waals surface area contributed by atoms with Gasteiger partial charge in [0.2, 0.25) is 0 Å². The average molecular weight is 104 g/mol. The van der Waals surface area contributed by atoms with E-state index in [4.69, 9.17) is 5.11 Å². The Kier molecular flexibility index (Phi) is 0.854. The Morgan fingerprint density at radius 2 is 2.43 bits per heavy atom. The van der Waals surface area contributed by atoms with Crippen LogP contribution < -0.4 is 0 Å². The summed E-state index contributed by atoms with van der Waals surface area (Å²) in [7, 11) is 0. The van der Waals surface area contributed by atoms with Crippen LogP contribution in [0.5, 0.6) is 0 Å². The second-order valence-electron chi connectivity index (χ2n) is 2.36. The Morgan fingerprint density at radius 3 is 2.43 bits per heavy atom. The van der Waals surface area contributed by atoms with Crippen molar-refractivity contribution in [2.24, 2.45) is 5.92 Å². The Hall–Kier alpha value is -0.110. The van der Waals surface area contributed by atoms with Gasteiger partial charge in [0.1, 0.15) is 5.67 Å². The summed E-state index contributed by atoms with van der Waals surface area (Å²) in [5.41, 5.74) is -1.03. The van der Waals surface area contributed by atoms with Crippen molar-refractivity contribution in [1.82, 2.24) is 0 Å². The van der Waals surface area contributed by atoms with Crippen LogP contribution in [-0.4, -0.2) is 17.4 Å². The Bertz CT molecular complexity index is 80.1. The van der Waals surface area contributed by atoms with Crippen molar-refractivity contribution in [2.45, 2.75) is 19.0 Å². The van der Waals surface area contributed by atoms with Crippen LogP contribution in [0.1, 0.15) is 13.3 Å². The number of rotatable bonds is 1. The van der Waals surface area contributed by atoms with E-state index in [1.54, 1.807) is 0 Å². The van der Waals surface area contributed by atoms with Gasteiger partial charge in [0.05, 0.1) is 0 Å². The van der Waals surface area contributed by atoms with E-state index in [2.05, 4.69) is 0 Å². The maximum atomic E-state index is 12.3. The first-order valence-electron chi connectivity index (χ1n) is 2.46. The smallest absolute Gasteiger partial charge is 0.113 e. The van der Waals surface area contributed by atoms with Crippen molar-refractivity contribution in [3.05, 3.63) is 0 Å². The average Bonchev–Trinajstić information content (AvgIpc) is 2.13. The van der Waals surface area contributed by atoms with Gasteiger partial charge in [-0.3, -0.25) is 0 Å². The molecule has 0 unspecified atom stereocenters. The Balaban J connectivity index is 2.30. The van der Waals surface area contributed by atoms with Crippen LogP contribution in [0.4, 0.5) is 4.39 Å². The molecular weight excluding hydrogens is 95.1 g/mol. The van der Waals surface area contributed by atoms with E-state index in [1.807, 2.05) is 0 Å². The maximum Gasteiger partial charge on any atom is 0.113 e. The summed E-state index contributed by atoms with van der Waals surface area (Å²) < 4.78 is 12.3. The van der Waals surface area contributed by atoms with Gasteiger partial charge in [0.25, 0.3) is 0 Å². The SMILES string of the molecule is C[C@@]1(F)C[C@@H]1CO. The molecule has 0 radical (unpaired) electrons. The summed E-state index contributed by atoms with van der Waals surface area (Å²) in [6.07, 6.45) is 0.545. The highest BCUT2D eigenvalue weighted by Gasteiger charge is 2.50. The van der Waals surface area contributed by atoms with Gasteiger partial charge in [0, 0.05) is 12.5 Å². The molecule has 0 aromatic rings. The summed E-state index contributed by atoms with van der Waals surface area (Å²) >= 11 is 0. The number of alkyl halides is 1. The highest BCUT2D eigenvalue weighted by atomic mass is 19.1. The highest BCUT2D eigenvalue weighted by molar-refractivity contribution is 4.99. The molecule has 7 heavy (non-hydrogen) atoms. The number of hydrogen-bond donors (Lipinski definition) is 1. The van der Waals surface area contributed by atoms with Crippen molar-refractivity contribution in [2.75, 3.05) is 6.61 Å². The quantitative estimate of drug-likeness (QED) is 0.520. The first-order chi connectivity index (χ1) is 3.17. The van der Waals surface area contributed by atoms with Gasteiger partial charge in [-0.15, -0.1) is 0 Å². The minimum Gasteiger partial charge on any atom is -0.396 e. The molecule has 1 nitrogen and oxygen atoms in total. The molecule has 0 aromatic heterocycles. The van der Waals surface area contributed by atoms with Gasteiger partial charge >= 0.3 is 0 Å². The molecule has 1 fully saturated rings. The van der Waals surface area contributed by atoms with Crippen LogP contribution in [0.2, 0.25) is 0 Å². The van der Waals surface area contributed by atoms with Crippen molar-refractivity contribution in [3.8, 4) is 0 Å². The Labute approximate surface area is 42.2 Å². The molecule has 0 bridgehead atoms. The first kappa shape index (κ1) is 5.04. The third-order valence-electron chi connectivity index (χ3n) is 1.56. The Morgan fingerprint density at radius 1 is 2.00 bits per heavy atom. The molecule has 1 N–H and O–H groups in total. The number of aliphatic hydroxyl groups excluding tert-OH is 1. The molecule has 0 amide bonds.